The number of nitrogens with one attached hydrogen (secondary N) is 1. The average Bonchev–Trinajstić information content (AvgIpc) is 2.38. The predicted molar refractivity (Wildman–Crippen MR) is 66.6 cm³/mol. The summed E-state index contributed by atoms with van der Waals surface area (Å²) in [6, 6.07) is 6.88. The Labute approximate surface area is 104 Å². The molecule has 2 heterocycles. The van der Waals surface area contributed by atoms with Gasteiger partial charge in [0.1, 0.15) is 5.82 Å². The van der Waals surface area contributed by atoms with Crippen molar-refractivity contribution in [3.05, 3.63) is 47.4 Å². The maximum absolute atomic E-state index is 11.7. The summed E-state index contributed by atoms with van der Waals surface area (Å²) in [4.78, 5) is 15.9. The Morgan fingerprint density at radius 3 is 2.72 bits per heavy atom. The molecule has 0 fully saturated rings. The van der Waals surface area contributed by atoms with Crippen molar-refractivity contribution in [1.82, 2.24) is 20.5 Å². The molecule has 0 aliphatic heterocycles. The Hall–Kier alpha value is -2.50. The molecule has 2 aromatic rings. The van der Waals surface area contributed by atoms with Gasteiger partial charge >= 0.3 is 0 Å². The number of hydrogen-bond donors (Lipinski definition) is 2. The van der Waals surface area contributed by atoms with Gasteiger partial charge < -0.3 is 11.1 Å². The lowest BCUT2D eigenvalue weighted by Crippen LogP contribution is -2.24. The summed E-state index contributed by atoms with van der Waals surface area (Å²) in [6.45, 7) is 2.31. The summed E-state index contributed by atoms with van der Waals surface area (Å²) < 4.78 is 0. The van der Waals surface area contributed by atoms with E-state index in [4.69, 9.17) is 5.73 Å². The van der Waals surface area contributed by atoms with Crippen molar-refractivity contribution in [2.75, 3.05) is 5.73 Å². The molecule has 0 aromatic carbocycles. The highest BCUT2D eigenvalue weighted by molar-refractivity contribution is 5.92. The van der Waals surface area contributed by atoms with Crippen LogP contribution in [0.15, 0.2) is 30.5 Å². The smallest absolute Gasteiger partial charge is 0.272 e. The van der Waals surface area contributed by atoms with Crippen LogP contribution in [0.3, 0.4) is 0 Å². The maximum Gasteiger partial charge on any atom is 0.272 e. The molecule has 0 unspecified atom stereocenters. The highest BCUT2D eigenvalue weighted by Gasteiger charge is 2.07. The molecule has 92 valence electrons. The van der Waals surface area contributed by atoms with Crippen molar-refractivity contribution >= 4 is 11.7 Å². The van der Waals surface area contributed by atoms with E-state index in [1.54, 1.807) is 6.20 Å². The summed E-state index contributed by atoms with van der Waals surface area (Å²) in [7, 11) is 0. The largest absolute Gasteiger partial charge is 0.382 e. The predicted octanol–water partition coefficient (Wildman–Crippen LogP) is 0.692. The van der Waals surface area contributed by atoms with Crippen LogP contribution in [-0.4, -0.2) is 21.1 Å². The number of carbonyl (C=O) groups is 1. The Kier molecular flexibility index (Phi) is 3.47. The van der Waals surface area contributed by atoms with Crippen LogP contribution >= 0.6 is 0 Å². The quantitative estimate of drug-likeness (QED) is 0.827. The van der Waals surface area contributed by atoms with Crippen molar-refractivity contribution < 1.29 is 4.79 Å². The van der Waals surface area contributed by atoms with Gasteiger partial charge in [0.15, 0.2) is 5.69 Å². The highest BCUT2D eigenvalue weighted by atomic mass is 16.1. The van der Waals surface area contributed by atoms with Gasteiger partial charge in [-0.1, -0.05) is 6.07 Å². The van der Waals surface area contributed by atoms with Gasteiger partial charge in [-0.05, 0) is 30.7 Å². The lowest BCUT2D eigenvalue weighted by atomic mass is 10.2. The van der Waals surface area contributed by atoms with Crippen LogP contribution in [0.2, 0.25) is 0 Å². The van der Waals surface area contributed by atoms with Crippen LogP contribution in [0.5, 0.6) is 0 Å². The second-order valence-corrected chi connectivity index (χ2v) is 3.83. The molecule has 0 atom stereocenters. The van der Waals surface area contributed by atoms with E-state index < -0.39 is 0 Å². The molecule has 0 aliphatic rings. The van der Waals surface area contributed by atoms with Crippen molar-refractivity contribution in [2.45, 2.75) is 13.5 Å². The zero-order valence-electron chi connectivity index (χ0n) is 9.92. The van der Waals surface area contributed by atoms with Crippen LogP contribution in [0, 0.1) is 6.92 Å². The number of nitrogens with zero attached hydrogens (tertiary/aromatic N) is 3. The number of rotatable bonds is 3. The highest BCUT2D eigenvalue weighted by Crippen LogP contribution is 2.00. The van der Waals surface area contributed by atoms with E-state index >= 15 is 0 Å². The molecule has 0 spiro atoms. The van der Waals surface area contributed by atoms with Gasteiger partial charge in [-0.2, -0.15) is 0 Å². The molecule has 0 aliphatic carbocycles. The lowest BCUT2D eigenvalue weighted by molar-refractivity contribution is 0.0945. The summed E-state index contributed by atoms with van der Waals surface area (Å²) >= 11 is 0. The van der Waals surface area contributed by atoms with Crippen LogP contribution in [0.1, 0.15) is 21.7 Å². The summed E-state index contributed by atoms with van der Waals surface area (Å²) in [5.41, 5.74) is 7.50. The van der Waals surface area contributed by atoms with E-state index in [2.05, 4.69) is 20.5 Å². The van der Waals surface area contributed by atoms with Gasteiger partial charge in [-0.3, -0.25) is 9.78 Å². The van der Waals surface area contributed by atoms with Crippen molar-refractivity contribution in [1.29, 1.82) is 0 Å². The molecule has 6 nitrogen and oxygen atoms in total. The molecular weight excluding hydrogens is 230 g/mol. The first-order valence-electron chi connectivity index (χ1n) is 5.44. The number of carbonyl (C=O) groups excluding carboxylic acids is 1. The molecule has 3 N–H and O–H groups in total. The normalized spacial score (nSPS) is 10.1. The summed E-state index contributed by atoms with van der Waals surface area (Å²) in [5.74, 6) is -0.00244. The zero-order chi connectivity index (χ0) is 13.0. The molecule has 2 aromatic heterocycles. The second-order valence-electron chi connectivity index (χ2n) is 3.83. The van der Waals surface area contributed by atoms with Crippen molar-refractivity contribution in [3.8, 4) is 0 Å². The number of aromatic nitrogens is 3. The third-order valence-electron chi connectivity index (χ3n) is 2.34. The molecule has 18 heavy (non-hydrogen) atoms. The molecule has 1 amide bonds. The molecule has 0 radical (unpaired) electrons. The first-order valence-corrected chi connectivity index (χ1v) is 5.44. The maximum atomic E-state index is 11.7. The fourth-order valence-electron chi connectivity index (χ4n) is 1.34. The van der Waals surface area contributed by atoms with Crippen LogP contribution in [0.25, 0.3) is 0 Å². The Morgan fingerprint density at radius 1 is 1.28 bits per heavy atom. The third-order valence-corrected chi connectivity index (χ3v) is 2.34. The van der Waals surface area contributed by atoms with Gasteiger partial charge in [0, 0.05) is 18.4 Å². The van der Waals surface area contributed by atoms with E-state index in [9.17, 15) is 4.79 Å². The molecule has 0 saturated heterocycles. The van der Waals surface area contributed by atoms with Gasteiger partial charge in [-0.15, -0.1) is 10.2 Å². The SMILES string of the molecule is Cc1ccc(CNC(=O)c2ccc(N)nn2)cn1. The monoisotopic (exact) mass is 243 g/mol. The number of pyridine rings is 1. The molecule has 0 bridgehead atoms. The van der Waals surface area contributed by atoms with Gasteiger partial charge in [0.25, 0.3) is 5.91 Å². The van der Waals surface area contributed by atoms with Crippen LogP contribution in [-0.2, 0) is 6.54 Å². The number of aryl methyl sites for hydroxylation is 1. The topological polar surface area (TPSA) is 93.8 Å². The van der Waals surface area contributed by atoms with Gasteiger partial charge in [-0.25, -0.2) is 0 Å². The second kappa shape index (κ2) is 5.22. The number of anilines is 1. The first kappa shape index (κ1) is 12.0. The summed E-state index contributed by atoms with van der Waals surface area (Å²) in [6.07, 6.45) is 1.73. The number of nitrogen functional groups attached to an aromatic ring is 1. The van der Waals surface area contributed by atoms with Crippen molar-refractivity contribution in [2.24, 2.45) is 0 Å². The number of amides is 1. The Bertz CT molecular complexity index is 535. The molecular formula is C12H13N5O. The minimum Gasteiger partial charge on any atom is -0.382 e. The zero-order valence-corrected chi connectivity index (χ0v) is 9.92. The first-order chi connectivity index (χ1) is 8.65. The Morgan fingerprint density at radius 2 is 2.11 bits per heavy atom. The van der Waals surface area contributed by atoms with E-state index in [1.807, 2.05) is 19.1 Å². The average molecular weight is 243 g/mol. The lowest BCUT2D eigenvalue weighted by Gasteiger charge is -2.04. The Balaban J connectivity index is 1.96. The minimum absolute atomic E-state index is 0.240. The van der Waals surface area contributed by atoms with E-state index in [1.165, 1.54) is 12.1 Å². The number of nitrogens with two attached hydrogens (primary N) is 1. The molecule has 6 heteroatoms. The standard InChI is InChI=1S/C12H13N5O/c1-8-2-3-9(6-14-8)7-15-12(18)10-4-5-11(13)17-16-10/h2-6H,7H2,1H3,(H2,13,17)(H,15,18). The summed E-state index contributed by atoms with van der Waals surface area (Å²) in [5, 5.41) is 10.1. The van der Waals surface area contributed by atoms with E-state index in [0.29, 0.717) is 6.54 Å². The minimum atomic E-state index is -0.289. The van der Waals surface area contributed by atoms with E-state index in [0.717, 1.165) is 11.3 Å². The fourth-order valence-corrected chi connectivity index (χ4v) is 1.34. The van der Waals surface area contributed by atoms with Crippen LogP contribution in [0.4, 0.5) is 5.82 Å². The fraction of sp³-hybridized carbons (Fsp3) is 0.167. The van der Waals surface area contributed by atoms with Gasteiger partial charge in [0.2, 0.25) is 0 Å². The van der Waals surface area contributed by atoms with E-state index in [-0.39, 0.29) is 17.4 Å². The van der Waals surface area contributed by atoms with Crippen molar-refractivity contribution in [3.63, 3.8) is 0 Å². The van der Waals surface area contributed by atoms with Crippen LogP contribution < -0.4 is 11.1 Å². The third kappa shape index (κ3) is 3.00. The molecule has 0 saturated carbocycles. The molecule has 2 rings (SSSR count). The number of hydrogen-bond acceptors (Lipinski definition) is 5. The van der Waals surface area contributed by atoms with Gasteiger partial charge in [0.05, 0.1) is 0 Å².